The van der Waals surface area contributed by atoms with Gasteiger partial charge in [-0.15, -0.1) is 0 Å². The zero-order valence-corrected chi connectivity index (χ0v) is 16.4. The molecule has 0 fully saturated rings. The second-order valence-corrected chi connectivity index (χ2v) is 8.04. The molecule has 0 heterocycles. The molecule has 1 nitrogen and oxygen atoms in total. The molecule has 1 aromatic carbocycles. The molecule has 24 heavy (non-hydrogen) atoms. The molecule has 0 bridgehead atoms. The Morgan fingerprint density at radius 3 is 1.67 bits per heavy atom. The van der Waals surface area contributed by atoms with Crippen molar-refractivity contribution >= 4 is 11.8 Å². The van der Waals surface area contributed by atoms with E-state index in [9.17, 15) is 0 Å². The molecule has 0 aromatic heterocycles. The zero-order chi connectivity index (χ0) is 17.1. The fourth-order valence-electron chi connectivity index (χ4n) is 3.04. The third-order valence-corrected chi connectivity index (χ3v) is 5.70. The van der Waals surface area contributed by atoms with Gasteiger partial charge in [-0.3, -0.25) is 0 Å². The van der Waals surface area contributed by atoms with Gasteiger partial charge >= 0.3 is 0 Å². The lowest BCUT2D eigenvalue weighted by atomic mass is 10.0. The Balaban J connectivity index is 1.70. The highest BCUT2D eigenvalue weighted by Crippen LogP contribution is 2.14. The van der Waals surface area contributed by atoms with E-state index in [1.165, 1.54) is 88.4 Å². The first-order valence-corrected chi connectivity index (χ1v) is 11.3. The summed E-state index contributed by atoms with van der Waals surface area (Å²) in [4.78, 5) is 0. The quantitative estimate of drug-likeness (QED) is 0.318. The van der Waals surface area contributed by atoms with E-state index in [1.54, 1.807) is 0 Å². The molecule has 0 radical (unpaired) electrons. The summed E-state index contributed by atoms with van der Waals surface area (Å²) in [6.07, 6.45) is 17.7. The molecule has 0 unspecified atom stereocenters. The van der Waals surface area contributed by atoms with E-state index in [1.807, 2.05) is 11.8 Å². The van der Waals surface area contributed by atoms with Crippen molar-refractivity contribution in [1.29, 1.82) is 0 Å². The van der Waals surface area contributed by atoms with E-state index < -0.39 is 0 Å². The fraction of sp³-hybridized carbons (Fsp3) is 0.727. The van der Waals surface area contributed by atoms with Crippen molar-refractivity contribution in [3.8, 4) is 0 Å². The fourth-order valence-corrected chi connectivity index (χ4v) is 3.98. The van der Waals surface area contributed by atoms with Crippen LogP contribution in [-0.2, 0) is 6.42 Å². The van der Waals surface area contributed by atoms with E-state index >= 15 is 0 Å². The topological polar surface area (TPSA) is 20.2 Å². The Morgan fingerprint density at radius 1 is 0.583 bits per heavy atom. The molecule has 0 aliphatic rings. The molecule has 0 spiro atoms. The van der Waals surface area contributed by atoms with Gasteiger partial charge in [0.2, 0.25) is 0 Å². The van der Waals surface area contributed by atoms with Crippen molar-refractivity contribution in [3.63, 3.8) is 0 Å². The van der Waals surface area contributed by atoms with Crippen LogP contribution in [0.3, 0.4) is 0 Å². The van der Waals surface area contributed by atoms with Crippen LogP contribution >= 0.6 is 11.8 Å². The van der Waals surface area contributed by atoms with Crippen molar-refractivity contribution in [2.45, 2.75) is 83.5 Å². The molecular weight excluding hydrogens is 312 g/mol. The maximum absolute atomic E-state index is 8.70. The number of hydrogen-bond donors (Lipinski definition) is 1. The Labute approximate surface area is 154 Å². The summed E-state index contributed by atoms with van der Waals surface area (Å²) in [7, 11) is 0. The smallest absolute Gasteiger partial charge is 0.0438 e. The molecule has 0 saturated carbocycles. The molecule has 1 aromatic rings. The van der Waals surface area contributed by atoms with Gasteiger partial charge in [0.1, 0.15) is 0 Å². The van der Waals surface area contributed by atoms with E-state index in [0.29, 0.717) is 6.61 Å². The highest BCUT2D eigenvalue weighted by Gasteiger charge is 1.95. The first-order chi connectivity index (χ1) is 11.9. The second-order valence-electron chi connectivity index (χ2n) is 6.81. The molecule has 0 saturated heterocycles. The van der Waals surface area contributed by atoms with E-state index in [0.717, 1.165) is 12.2 Å². The second kappa shape index (κ2) is 17.4. The van der Waals surface area contributed by atoms with Gasteiger partial charge < -0.3 is 5.11 Å². The Kier molecular flexibility index (Phi) is 15.6. The van der Waals surface area contributed by atoms with Gasteiger partial charge in [-0.05, 0) is 42.8 Å². The van der Waals surface area contributed by atoms with Crippen molar-refractivity contribution in [2.24, 2.45) is 0 Å². The molecule has 0 atom stereocenters. The molecule has 138 valence electrons. The minimum atomic E-state index is 0.347. The van der Waals surface area contributed by atoms with Gasteiger partial charge in [0.25, 0.3) is 0 Å². The predicted molar refractivity (Wildman–Crippen MR) is 110 cm³/mol. The Morgan fingerprint density at radius 2 is 1.08 bits per heavy atom. The molecule has 0 aliphatic heterocycles. The monoisotopic (exact) mass is 350 g/mol. The van der Waals surface area contributed by atoms with Crippen LogP contribution in [0, 0.1) is 0 Å². The van der Waals surface area contributed by atoms with Crippen LogP contribution < -0.4 is 0 Å². The van der Waals surface area contributed by atoms with Crippen LogP contribution in [0.15, 0.2) is 30.3 Å². The Hall–Kier alpha value is -0.470. The summed E-state index contributed by atoms with van der Waals surface area (Å²) in [6.45, 7) is 0.347. The first-order valence-electron chi connectivity index (χ1n) is 10.2. The van der Waals surface area contributed by atoms with Crippen molar-refractivity contribution in [3.05, 3.63) is 35.9 Å². The molecule has 0 aliphatic carbocycles. The van der Waals surface area contributed by atoms with Gasteiger partial charge in [0.15, 0.2) is 0 Å². The lowest BCUT2D eigenvalue weighted by molar-refractivity contribution is 0.296. The highest BCUT2D eigenvalue weighted by atomic mass is 32.2. The number of rotatable bonds is 17. The number of benzene rings is 1. The van der Waals surface area contributed by atoms with Crippen LogP contribution in [0.4, 0.5) is 0 Å². The molecule has 2 heteroatoms. The lowest BCUT2D eigenvalue weighted by Gasteiger charge is -2.04. The molecule has 0 amide bonds. The molecule has 1 rings (SSSR count). The third kappa shape index (κ3) is 13.9. The van der Waals surface area contributed by atoms with Gasteiger partial charge in [-0.25, -0.2) is 0 Å². The maximum atomic E-state index is 8.70. The van der Waals surface area contributed by atoms with Crippen LogP contribution in [0.5, 0.6) is 0 Å². The van der Waals surface area contributed by atoms with Crippen molar-refractivity contribution in [1.82, 2.24) is 0 Å². The first kappa shape index (κ1) is 21.6. The average molecular weight is 351 g/mol. The number of unbranched alkanes of at least 4 members (excludes halogenated alkanes) is 10. The number of thioether (sulfide) groups is 1. The minimum Gasteiger partial charge on any atom is -0.396 e. The summed E-state index contributed by atoms with van der Waals surface area (Å²) in [5.41, 5.74) is 1.49. The van der Waals surface area contributed by atoms with E-state index in [4.69, 9.17) is 5.11 Å². The minimum absolute atomic E-state index is 0.347. The summed E-state index contributed by atoms with van der Waals surface area (Å²) in [5, 5.41) is 8.70. The number of aliphatic hydroxyl groups is 1. The lowest BCUT2D eigenvalue weighted by Crippen LogP contribution is -1.88. The predicted octanol–water partition coefficient (Wildman–Crippen LogP) is 6.64. The molecular formula is C22H38OS. The van der Waals surface area contributed by atoms with Crippen LogP contribution in [0.2, 0.25) is 0 Å². The van der Waals surface area contributed by atoms with Crippen molar-refractivity contribution in [2.75, 3.05) is 18.1 Å². The summed E-state index contributed by atoms with van der Waals surface area (Å²) in [6, 6.07) is 10.9. The standard InChI is InChI=1S/C22H38OS/c23-19-15-21-24-20-14-9-7-5-3-1-2-4-6-8-11-16-22-17-12-10-13-18-22/h10,12-13,17-18,23H,1-9,11,14-16,19-21H2. The Bertz CT molecular complexity index is 352. The van der Waals surface area contributed by atoms with Gasteiger partial charge in [-0.1, -0.05) is 88.1 Å². The maximum Gasteiger partial charge on any atom is 0.0438 e. The number of aliphatic hydroxyl groups excluding tert-OH is 1. The summed E-state index contributed by atoms with van der Waals surface area (Å²) < 4.78 is 0. The average Bonchev–Trinajstić information content (AvgIpc) is 2.62. The normalized spacial score (nSPS) is 11.0. The third-order valence-electron chi connectivity index (χ3n) is 4.54. The van der Waals surface area contributed by atoms with Crippen LogP contribution in [0.1, 0.15) is 82.6 Å². The SMILES string of the molecule is OCCCSCCCCCCCCCCCCCc1ccccc1. The van der Waals surface area contributed by atoms with Crippen LogP contribution in [0.25, 0.3) is 0 Å². The summed E-state index contributed by atoms with van der Waals surface area (Å²) >= 11 is 2.00. The highest BCUT2D eigenvalue weighted by molar-refractivity contribution is 7.99. The van der Waals surface area contributed by atoms with Gasteiger partial charge in [0.05, 0.1) is 0 Å². The van der Waals surface area contributed by atoms with Crippen molar-refractivity contribution < 1.29 is 5.11 Å². The largest absolute Gasteiger partial charge is 0.396 e. The van der Waals surface area contributed by atoms with Gasteiger partial charge in [0, 0.05) is 6.61 Å². The van der Waals surface area contributed by atoms with E-state index in [2.05, 4.69) is 30.3 Å². The molecule has 1 N–H and O–H groups in total. The number of hydrogen-bond acceptors (Lipinski definition) is 2. The van der Waals surface area contributed by atoms with E-state index in [-0.39, 0.29) is 0 Å². The number of aryl methyl sites for hydroxylation is 1. The van der Waals surface area contributed by atoms with Crippen LogP contribution in [-0.4, -0.2) is 23.2 Å². The zero-order valence-electron chi connectivity index (χ0n) is 15.6. The van der Waals surface area contributed by atoms with Gasteiger partial charge in [-0.2, -0.15) is 11.8 Å². The summed E-state index contributed by atoms with van der Waals surface area (Å²) in [5.74, 6) is 2.41.